The molecule has 194 valence electrons. The smallest absolute Gasteiger partial charge is 0.225 e. The number of aromatic nitrogens is 4. The van der Waals surface area contributed by atoms with Gasteiger partial charge in [0.2, 0.25) is 17.8 Å². The lowest BCUT2D eigenvalue weighted by molar-refractivity contribution is -0.122. The number of fused-ring (bicyclic) bond motifs is 1. The molecule has 5 rings (SSSR count). The van der Waals surface area contributed by atoms with Crippen molar-refractivity contribution >= 4 is 57.9 Å². The molecule has 1 aliphatic heterocycles. The predicted molar refractivity (Wildman–Crippen MR) is 138 cm³/mol. The third kappa shape index (κ3) is 5.28. The van der Waals surface area contributed by atoms with Gasteiger partial charge in [0.1, 0.15) is 11.7 Å². The molecular formula is C24H25Cl2FN8O2. The van der Waals surface area contributed by atoms with Crippen LogP contribution in [-0.2, 0) is 9.53 Å². The van der Waals surface area contributed by atoms with Crippen molar-refractivity contribution in [3.63, 3.8) is 0 Å². The Labute approximate surface area is 222 Å². The van der Waals surface area contributed by atoms with Crippen LogP contribution in [0.25, 0.3) is 11.2 Å². The van der Waals surface area contributed by atoms with Crippen molar-refractivity contribution in [3.8, 4) is 6.07 Å². The van der Waals surface area contributed by atoms with Crippen molar-refractivity contribution < 1.29 is 13.9 Å². The van der Waals surface area contributed by atoms with Crippen LogP contribution in [0.3, 0.4) is 0 Å². The molecule has 0 bridgehead atoms. The zero-order valence-corrected chi connectivity index (χ0v) is 21.3. The van der Waals surface area contributed by atoms with Crippen LogP contribution in [0.5, 0.6) is 0 Å². The van der Waals surface area contributed by atoms with Crippen molar-refractivity contribution in [2.24, 2.45) is 11.7 Å². The highest BCUT2D eigenvalue weighted by Crippen LogP contribution is 2.39. The first-order valence-electron chi connectivity index (χ1n) is 12.0. The summed E-state index contributed by atoms with van der Waals surface area (Å²) in [7, 11) is 0. The van der Waals surface area contributed by atoms with E-state index >= 15 is 0 Å². The van der Waals surface area contributed by atoms with Gasteiger partial charge < -0.3 is 21.1 Å². The molecule has 2 atom stereocenters. The SMILES string of the molecule is N#Cc1cc(Cl)c(Nc2nc3cnc(N[C@@H]4CCOC[C@H]4F)nc3n2C2CCC(C(N)=O)CC2)c(Cl)c1. The van der Waals surface area contributed by atoms with E-state index in [0.29, 0.717) is 67.1 Å². The first kappa shape index (κ1) is 25.4. The Morgan fingerprint density at radius 1 is 1.19 bits per heavy atom. The Morgan fingerprint density at radius 2 is 1.92 bits per heavy atom. The Morgan fingerprint density at radius 3 is 2.57 bits per heavy atom. The molecule has 3 aromatic rings. The summed E-state index contributed by atoms with van der Waals surface area (Å²) in [6.07, 6.45) is 3.56. The van der Waals surface area contributed by atoms with E-state index in [1.54, 1.807) is 6.20 Å². The highest BCUT2D eigenvalue weighted by atomic mass is 35.5. The highest BCUT2D eigenvalue weighted by Gasteiger charge is 2.30. The number of alkyl halides is 1. The molecule has 1 amide bonds. The van der Waals surface area contributed by atoms with E-state index < -0.39 is 12.2 Å². The summed E-state index contributed by atoms with van der Waals surface area (Å²) in [4.78, 5) is 25.5. The molecule has 1 saturated heterocycles. The van der Waals surface area contributed by atoms with Gasteiger partial charge in [0.15, 0.2) is 5.65 Å². The van der Waals surface area contributed by atoms with E-state index in [2.05, 4.69) is 15.6 Å². The summed E-state index contributed by atoms with van der Waals surface area (Å²) in [5, 5.41) is 16.0. The lowest BCUT2D eigenvalue weighted by atomic mass is 9.85. The number of nitrogens with zero attached hydrogens (tertiary/aromatic N) is 5. The maximum Gasteiger partial charge on any atom is 0.225 e. The fraction of sp³-hybridized carbons (Fsp3) is 0.458. The number of rotatable bonds is 6. The normalized spacial score (nSPS) is 23.9. The fourth-order valence-electron chi connectivity index (χ4n) is 4.91. The van der Waals surface area contributed by atoms with E-state index in [0.717, 1.165) is 0 Å². The van der Waals surface area contributed by atoms with Gasteiger partial charge in [-0.05, 0) is 44.2 Å². The number of amides is 1. The topological polar surface area (TPSA) is 144 Å². The van der Waals surface area contributed by atoms with Crippen LogP contribution in [0.1, 0.15) is 43.7 Å². The lowest BCUT2D eigenvalue weighted by Crippen LogP contribution is -2.39. The molecule has 10 nitrogen and oxygen atoms in total. The third-order valence-electron chi connectivity index (χ3n) is 6.91. The van der Waals surface area contributed by atoms with E-state index in [1.165, 1.54) is 12.1 Å². The number of benzene rings is 1. The van der Waals surface area contributed by atoms with Gasteiger partial charge in [-0.3, -0.25) is 9.36 Å². The summed E-state index contributed by atoms with van der Waals surface area (Å²) in [6, 6.07) is 4.56. The number of hydrogen-bond donors (Lipinski definition) is 3. The molecule has 13 heteroatoms. The Kier molecular flexibility index (Phi) is 7.33. The molecule has 2 aliphatic rings. The average molecular weight is 547 g/mol. The number of carbonyl (C=O) groups is 1. The molecule has 0 unspecified atom stereocenters. The number of primary amides is 1. The van der Waals surface area contributed by atoms with Crippen LogP contribution >= 0.6 is 23.2 Å². The molecule has 0 radical (unpaired) electrons. The van der Waals surface area contributed by atoms with Crippen molar-refractivity contribution in [1.82, 2.24) is 19.5 Å². The van der Waals surface area contributed by atoms with Crippen LogP contribution in [0.2, 0.25) is 10.0 Å². The summed E-state index contributed by atoms with van der Waals surface area (Å²) in [5.41, 5.74) is 7.34. The molecule has 2 aromatic heterocycles. The van der Waals surface area contributed by atoms with Crippen molar-refractivity contribution in [2.75, 3.05) is 23.8 Å². The van der Waals surface area contributed by atoms with E-state index in [4.69, 9.17) is 43.6 Å². The maximum atomic E-state index is 14.3. The van der Waals surface area contributed by atoms with Gasteiger partial charge in [0, 0.05) is 18.6 Å². The second-order valence-corrected chi connectivity index (χ2v) is 10.1. The van der Waals surface area contributed by atoms with Crippen molar-refractivity contribution in [3.05, 3.63) is 33.9 Å². The molecule has 0 spiro atoms. The molecule has 4 N–H and O–H groups in total. The molecule has 1 saturated carbocycles. The fourth-order valence-corrected chi connectivity index (χ4v) is 5.50. The second kappa shape index (κ2) is 10.7. The average Bonchev–Trinajstić information content (AvgIpc) is 3.24. The second-order valence-electron chi connectivity index (χ2n) is 9.30. The van der Waals surface area contributed by atoms with Gasteiger partial charge in [0.25, 0.3) is 0 Å². The minimum atomic E-state index is -1.17. The number of imidazole rings is 1. The number of nitrogens with two attached hydrogens (primary N) is 1. The van der Waals surface area contributed by atoms with E-state index in [-0.39, 0.29) is 40.5 Å². The summed E-state index contributed by atoms with van der Waals surface area (Å²) in [6.45, 7) is 0.489. The van der Waals surface area contributed by atoms with E-state index in [1.807, 2.05) is 10.6 Å². The van der Waals surface area contributed by atoms with Crippen LogP contribution in [-0.4, -0.2) is 50.9 Å². The third-order valence-corrected chi connectivity index (χ3v) is 7.50. The van der Waals surface area contributed by atoms with E-state index in [9.17, 15) is 14.4 Å². The highest BCUT2D eigenvalue weighted by molar-refractivity contribution is 6.39. The monoisotopic (exact) mass is 546 g/mol. The number of carbonyl (C=O) groups excluding carboxylic acids is 1. The van der Waals surface area contributed by atoms with Gasteiger partial charge in [-0.1, -0.05) is 23.2 Å². The predicted octanol–water partition coefficient (Wildman–Crippen LogP) is 4.50. The zero-order chi connectivity index (χ0) is 26.1. The molecule has 1 aromatic carbocycles. The van der Waals surface area contributed by atoms with Crippen LogP contribution in [0, 0.1) is 17.2 Å². The summed E-state index contributed by atoms with van der Waals surface area (Å²) >= 11 is 12.9. The maximum absolute atomic E-state index is 14.3. The first-order valence-corrected chi connectivity index (χ1v) is 12.8. The quantitative estimate of drug-likeness (QED) is 0.409. The zero-order valence-electron chi connectivity index (χ0n) is 19.8. The van der Waals surface area contributed by atoms with Gasteiger partial charge >= 0.3 is 0 Å². The summed E-state index contributed by atoms with van der Waals surface area (Å²) in [5.74, 6) is 0.253. The molecular weight excluding hydrogens is 522 g/mol. The summed E-state index contributed by atoms with van der Waals surface area (Å²) < 4.78 is 21.5. The standard InChI is InChI=1S/C24H25Cl2FN8O2/c25-15-7-12(9-28)8-16(26)20(15)33-24-32-19-10-30-23(31-18-5-6-37-11-17(18)27)34-22(19)35(24)14-3-1-13(2-4-14)21(29)36/h7-8,10,13-14,17-18H,1-6,11H2,(H2,29,36)(H,32,33)(H,30,31,34)/t13?,14?,17-,18-/m1/s1. The van der Waals surface area contributed by atoms with Crippen LogP contribution in [0.4, 0.5) is 22.0 Å². The van der Waals surface area contributed by atoms with Crippen LogP contribution in [0.15, 0.2) is 18.3 Å². The number of nitriles is 1. The Hall–Kier alpha value is -3.20. The first-order chi connectivity index (χ1) is 17.8. The number of halogens is 3. The Balaban J connectivity index is 1.53. The van der Waals surface area contributed by atoms with Gasteiger partial charge in [-0.15, -0.1) is 0 Å². The van der Waals surface area contributed by atoms with Crippen molar-refractivity contribution in [1.29, 1.82) is 5.26 Å². The number of hydrogen-bond acceptors (Lipinski definition) is 8. The minimum absolute atomic E-state index is 0.0289. The van der Waals surface area contributed by atoms with Gasteiger partial charge in [-0.2, -0.15) is 10.2 Å². The number of anilines is 3. The number of ether oxygens (including phenoxy) is 1. The Bertz CT molecular complexity index is 1350. The number of nitrogens with one attached hydrogen (secondary N) is 2. The molecule has 3 heterocycles. The van der Waals surface area contributed by atoms with Gasteiger partial charge in [0.05, 0.1) is 46.2 Å². The lowest BCUT2D eigenvalue weighted by Gasteiger charge is -2.29. The minimum Gasteiger partial charge on any atom is -0.378 e. The van der Waals surface area contributed by atoms with Crippen LogP contribution < -0.4 is 16.4 Å². The molecule has 37 heavy (non-hydrogen) atoms. The molecule has 1 aliphatic carbocycles. The molecule has 2 fully saturated rings. The van der Waals surface area contributed by atoms with Crippen molar-refractivity contribution in [2.45, 2.75) is 50.4 Å². The van der Waals surface area contributed by atoms with Gasteiger partial charge in [-0.25, -0.2) is 14.4 Å². The largest absolute Gasteiger partial charge is 0.378 e.